The van der Waals surface area contributed by atoms with E-state index in [9.17, 15) is 0 Å². The van der Waals surface area contributed by atoms with Crippen LogP contribution in [-0.4, -0.2) is 13.7 Å². The van der Waals surface area contributed by atoms with Gasteiger partial charge in [0.05, 0.1) is 40.8 Å². The molecule has 10 nitrogen and oxygen atoms in total. The third-order valence-electron chi connectivity index (χ3n) is 3.57. The van der Waals surface area contributed by atoms with Crippen molar-refractivity contribution in [3.8, 4) is 0 Å². The third kappa shape index (κ3) is 15.4. The van der Waals surface area contributed by atoms with Crippen LogP contribution in [0.4, 0.5) is 0 Å². The maximum absolute atomic E-state index is 8.55. The van der Waals surface area contributed by atoms with Crippen LogP contribution in [-0.2, 0) is 45.3 Å². The highest BCUT2D eigenvalue weighted by Crippen LogP contribution is 2.03. The fourth-order valence-electron chi connectivity index (χ4n) is 2.07. The standard InChI is InChI=1S/3C6H11N2.H3O4P/c3*1-3-8-5-4-7(2)6-8;1-5(2,3)4/h3*4-6H,3H2,1-2H3;(H3,1,2,3,4)/q3*+1;/p-3. The number of aromatic nitrogens is 6. The van der Waals surface area contributed by atoms with E-state index in [1.165, 1.54) is 0 Å². The van der Waals surface area contributed by atoms with Crippen LogP contribution in [0.15, 0.2) is 56.2 Å². The Labute approximate surface area is 172 Å². The van der Waals surface area contributed by atoms with Gasteiger partial charge in [-0.25, -0.2) is 27.4 Å². The van der Waals surface area contributed by atoms with Crippen LogP contribution in [0, 0.1) is 0 Å². The first-order valence-corrected chi connectivity index (χ1v) is 10.7. The smallest absolute Gasteiger partial charge is 0.243 e. The first kappa shape index (κ1) is 26.7. The van der Waals surface area contributed by atoms with Crippen molar-refractivity contribution in [3.63, 3.8) is 0 Å². The highest BCUT2D eigenvalue weighted by molar-refractivity contribution is 7.40. The number of hydrogen-bond acceptors (Lipinski definition) is 4. The predicted octanol–water partition coefficient (Wildman–Crippen LogP) is -1.83. The molecule has 0 aliphatic carbocycles. The first-order valence-electron chi connectivity index (χ1n) is 9.24. The van der Waals surface area contributed by atoms with E-state index < -0.39 is 7.82 Å². The average Bonchev–Trinajstić information content (AvgIpc) is 3.35. The molecule has 0 aliphatic rings. The van der Waals surface area contributed by atoms with Gasteiger partial charge < -0.3 is 19.2 Å². The van der Waals surface area contributed by atoms with Gasteiger partial charge in [0.25, 0.3) is 0 Å². The van der Waals surface area contributed by atoms with Gasteiger partial charge >= 0.3 is 0 Å². The molecule has 0 fully saturated rings. The Bertz CT molecular complexity index is 748. The molecule has 3 rings (SSSR count). The minimum Gasteiger partial charge on any atom is -0.822 e. The molecule has 29 heavy (non-hydrogen) atoms. The first-order chi connectivity index (χ1) is 13.5. The average molecular weight is 428 g/mol. The van der Waals surface area contributed by atoms with Crippen LogP contribution >= 0.6 is 7.82 Å². The Balaban J connectivity index is 0.000000367. The zero-order valence-corrected chi connectivity index (χ0v) is 19.0. The van der Waals surface area contributed by atoms with Gasteiger partial charge in [-0.05, 0) is 20.8 Å². The van der Waals surface area contributed by atoms with Crippen LogP contribution in [0.3, 0.4) is 0 Å². The molecule has 11 heteroatoms. The number of rotatable bonds is 3. The molecule has 0 amide bonds. The molecule has 0 aliphatic heterocycles. The number of nitrogens with zero attached hydrogens (tertiary/aromatic N) is 6. The summed E-state index contributed by atoms with van der Waals surface area (Å²) in [6, 6.07) is 0. The van der Waals surface area contributed by atoms with Gasteiger partial charge in [-0.1, -0.05) is 0 Å². The molecule has 0 radical (unpaired) electrons. The van der Waals surface area contributed by atoms with Crippen molar-refractivity contribution < 1.29 is 32.9 Å². The molecule has 0 aromatic carbocycles. The van der Waals surface area contributed by atoms with Crippen LogP contribution < -0.4 is 28.4 Å². The lowest BCUT2D eigenvalue weighted by Gasteiger charge is -2.36. The predicted molar refractivity (Wildman–Crippen MR) is 101 cm³/mol. The second-order valence-electron chi connectivity index (χ2n) is 6.18. The van der Waals surface area contributed by atoms with Gasteiger partial charge in [0.15, 0.2) is 0 Å². The molecule has 164 valence electrons. The van der Waals surface area contributed by atoms with Crippen LogP contribution in [0.1, 0.15) is 20.8 Å². The monoisotopic (exact) mass is 428 g/mol. The summed E-state index contributed by atoms with van der Waals surface area (Å²) in [5.41, 5.74) is 0. The lowest BCUT2D eigenvalue weighted by atomic mass is 10.7. The van der Waals surface area contributed by atoms with Crippen LogP contribution in [0.5, 0.6) is 0 Å². The molecular formula is C18H33N6O4P. The maximum atomic E-state index is 8.55. The fourth-order valence-corrected chi connectivity index (χ4v) is 2.07. The SMILES string of the molecule is CCn1cc[n+](C)c1.CCn1cc[n+](C)c1.CCn1cc[n+](C)c1.O=P([O-])([O-])[O-]. The topological polar surface area (TPSA) is 113 Å². The minimum atomic E-state index is -5.39. The summed E-state index contributed by atoms with van der Waals surface area (Å²) in [4.78, 5) is 25.6. The molecular weight excluding hydrogens is 395 g/mol. The van der Waals surface area contributed by atoms with Crippen molar-refractivity contribution in [2.24, 2.45) is 21.1 Å². The zero-order valence-electron chi connectivity index (χ0n) is 18.1. The van der Waals surface area contributed by atoms with Crippen LogP contribution in [0.2, 0.25) is 0 Å². The maximum Gasteiger partial charge on any atom is 0.243 e. The van der Waals surface area contributed by atoms with Crippen LogP contribution in [0.25, 0.3) is 0 Å². The summed E-state index contributed by atoms with van der Waals surface area (Å²) >= 11 is 0. The normalized spacial score (nSPS) is 10.1. The van der Waals surface area contributed by atoms with E-state index in [4.69, 9.17) is 19.2 Å². The number of phosphoric acid groups is 1. The van der Waals surface area contributed by atoms with Gasteiger partial charge in [0, 0.05) is 0 Å². The lowest BCUT2D eigenvalue weighted by Crippen LogP contribution is -2.24. The Morgan fingerprint density at radius 1 is 0.655 bits per heavy atom. The molecule has 0 spiro atoms. The van der Waals surface area contributed by atoms with E-state index in [1.54, 1.807) is 0 Å². The second-order valence-corrected chi connectivity index (χ2v) is 7.07. The Kier molecular flexibility index (Phi) is 12.8. The molecule has 0 unspecified atom stereocenters. The summed E-state index contributed by atoms with van der Waals surface area (Å²) in [7, 11) is 0.671. The summed E-state index contributed by atoms with van der Waals surface area (Å²) in [6.07, 6.45) is 18.4. The number of hydrogen-bond donors (Lipinski definition) is 0. The van der Waals surface area contributed by atoms with Crippen molar-refractivity contribution in [3.05, 3.63) is 56.2 Å². The van der Waals surface area contributed by atoms with Crippen molar-refractivity contribution in [2.45, 2.75) is 40.4 Å². The van der Waals surface area contributed by atoms with Crippen molar-refractivity contribution >= 4 is 7.82 Å². The van der Waals surface area contributed by atoms with Crippen molar-refractivity contribution in [2.75, 3.05) is 0 Å². The highest BCUT2D eigenvalue weighted by atomic mass is 31.2. The van der Waals surface area contributed by atoms with Gasteiger partial charge in [0.2, 0.25) is 19.0 Å². The zero-order chi connectivity index (χ0) is 22.4. The molecule has 0 saturated heterocycles. The molecule has 3 aromatic rings. The Morgan fingerprint density at radius 3 is 0.931 bits per heavy atom. The minimum absolute atomic E-state index is 1.06. The van der Waals surface area contributed by atoms with Gasteiger partial charge in [-0.15, -0.1) is 0 Å². The molecule has 0 bridgehead atoms. The Morgan fingerprint density at radius 2 is 0.862 bits per heavy atom. The largest absolute Gasteiger partial charge is 0.822 e. The third-order valence-corrected chi connectivity index (χ3v) is 3.57. The second kappa shape index (κ2) is 13.8. The molecule has 0 N–H and O–H groups in total. The summed E-state index contributed by atoms with van der Waals surface area (Å²) in [5, 5.41) is 0. The van der Waals surface area contributed by atoms with E-state index in [2.05, 4.69) is 72.0 Å². The summed E-state index contributed by atoms with van der Waals surface area (Å²) < 4.78 is 21.0. The van der Waals surface area contributed by atoms with Gasteiger partial charge in [-0.3, -0.25) is 0 Å². The molecule has 3 heterocycles. The van der Waals surface area contributed by atoms with Gasteiger partial charge in [0.1, 0.15) is 37.2 Å². The Hall–Kier alpha value is -2.26. The highest BCUT2D eigenvalue weighted by Gasteiger charge is 1.93. The quantitative estimate of drug-likeness (QED) is 0.361. The van der Waals surface area contributed by atoms with Crippen molar-refractivity contribution in [1.29, 1.82) is 0 Å². The number of aryl methyl sites for hydroxylation is 6. The number of imidazole rings is 3. The fraction of sp³-hybridized carbons (Fsp3) is 0.500. The molecule has 3 aromatic heterocycles. The van der Waals surface area contributed by atoms with E-state index in [0.29, 0.717) is 0 Å². The van der Waals surface area contributed by atoms with E-state index >= 15 is 0 Å². The summed E-state index contributed by atoms with van der Waals surface area (Å²) in [5.74, 6) is 0. The van der Waals surface area contributed by atoms with E-state index in [0.717, 1.165) is 19.6 Å². The van der Waals surface area contributed by atoms with Crippen molar-refractivity contribution in [1.82, 2.24) is 13.7 Å². The molecule has 0 atom stereocenters. The lowest BCUT2D eigenvalue weighted by molar-refractivity contribution is -0.671. The molecule has 0 saturated carbocycles. The summed E-state index contributed by atoms with van der Waals surface area (Å²) in [6.45, 7) is 9.54. The van der Waals surface area contributed by atoms with E-state index in [1.807, 2.05) is 53.4 Å². The van der Waals surface area contributed by atoms with E-state index in [-0.39, 0.29) is 0 Å². The van der Waals surface area contributed by atoms with Gasteiger partial charge in [-0.2, -0.15) is 7.82 Å².